The van der Waals surface area contributed by atoms with Gasteiger partial charge < -0.3 is 15.4 Å². The van der Waals surface area contributed by atoms with Crippen molar-refractivity contribution >= 4 is 5.91 Å². The maximum absolute atomic E-state index is 12.1. The molecule has 100 valence electrons. The number of amides is 1. The van der Waals surface area contributed by atoms with E-state index in [2.05, 4.69) is 6.92 Å². The van der Waals surface area contributed by atoms with Gasteiger partial charge in [-0.1, -0.05) is 19.1 Å². The van der Waals surface area contributed by atoms with Crippen LogP contribution in [0.4, 0.5) is 0 Å². The number of benzene rings is 1. The van der Waals surface area contributed by atoms with Crippen LogP contribution >= 0.6 is 0 Å². The molecule has 0 fully saturated rings. The van der Waals surface area contributed by atoms with Gasteiger partial charge in [-0.3, -0.25) is 4.79 Å². The summed E-state index contributed by atoms with van der Waals surface area (Å²) < 4.78 is 5.09. The zero-order valence-corrected chi connectivity index (χ0v) is 11.2. The highest BCUT2D eigenvalue weighted by atomic mass is 16.5. The van der Waals surface area contributed by atoms with Crippen LogP contribution in [0.5, 0.6) is 5.75 Å². The normalized spacial score (nSPS) is 10.2. The SMILES string of the molecule is CCCN(CCN)C(=O)Cc1ccc(OC)cc1. The van der Waals surface area contributed by atoms with Crippen molar-refractivity contribution in [3.63, 3.8) is 0 Å². The van der Waals surface area contributed by atoms with Crippen LogP contribution < -0.4 is 10.5 Å². The molecule has 2 N–H and O–H groups in total. The fraction of sp³-hybridized carbons (Fsp3) is 0.500. The number of rotatable bonds is 7. The van der Waals surface area contributed by atoms with E-state index in [9.17, 15) is 4.79 Å². The first-order valence-corrected chi connectivity index (χ1v) is 6.32. The van der Waals surface area contributed by atoms with Gasteiger partial charge in [-0.2, -0.15) is 0 Å². The zero-order valence-electron chi connectivity index (χ0n) is 11.2. The number of ether oxygens (including phenoxy) is 1. The highest BCUT2D eigenvalue weighted by Crippen LogP contribution is 2.12. The van der Waals surface area contributed by atoms with Gasteiger partial charge in [0.05, 0.1) is 13.5 Å². The van der Waals surface area contributed by atoms with Crippen molar-refractivity contribution in [3.8, 4) is 5.75 Å². The topological polar surface area (TPSA) is 55.6 Å². The Labute approximate surface area is 109 Å². The molecule has 0 unspecified atom stereocenters. The average Bonchev–Trinajstić information content (AvgIpc) is 2.39. The number of methoxy groups -OCH3 is 1. The quantitative estimate of drug-likeness (QED) is 0.796. The Morgan fingerprint density at radius 1 is 1.28 bits per heavy atom. The Bertz CT molecular complexity index is 357. The minimum absolute atomic E-state index is 0.132. The number of carbonyl (C=O) groups excluding carboxylic acids is 1. The van der Waals surface area contributed by atoms with E-state index in [4.69, 9.17) is 10.5 Å². The number of hydrogen-bond acceptors (Lipinski definition) is 3. The first-order valence-electron chi connectivity index (χ1n) is 6.32. The third kappa shape index (κ3) is 4.37. The smallest absolute Gasteiger partial charge is 0.227 e. The summed E-state index contributed by atoms with van der Waals surface area (Å²) in [6, 6.07) is 7.58. The molecule has 0 aromatic heterocycles. The van der Waals surface area contributed by atoms with Crippen LogP contribution in [0.2, 0.25) is 0 Å². The number of nitrogens with two attached hydrogens (primary N) is 1. The first-order chi connectivity index (χ1) is 8.71. The Morgan fingerprint density at radius 2 is 1.94 bits per heavy atom. The van der Waals surface area contributed by atoms with Gasteiger partial charge >= 0.3 is 0 Å². The lowest BCUT2D eigenvalue weighted by Crippen LogP contribution is -2.36. The minimum atomic E-state index is 0.132. The van der Waals surface area contributed by atoms with Crippen molar-refractivity contribution in [1.82, 2.24) is 4.90 Å². The Balaban J connectivity index is 2.60. The molecule has 0 aliphatic carbocycles. The molecule has 4 nitrogen and oxygen atoms in total. The van der Waals surface area contributed by atoms with Crippen molar-refractivity contribution < 1.29 is 9.53 Å². The number of carbonyl (C=O) groups is 1. The molecule has 1 aromatic carbocycles. The van der Waals surface area contributed by atoms with Gasteiger partial charge in [-0.05, 0) is 24.1 Å². The van der Waals surface area contributed by atoms with Gasteiger partial charge in [-0.15, -0.1) is 0 Å². The number of nitrogens with zero attached hydrogens (tertiary/aromatic N) is 1. The summed E-state index contributed by atoms with van der Waals surface area (Å²) in [5.41, 5.74) is 6.52. The average molecular weight is 250 g/mol. The first kappa shape index (κ1) is 14.5. The highest BCUT2D eigenvalue weighted by Gasteiger charge is 2.12. The molecule has 0 spiro atoms. The molecule has 0 heterocycles. The van der Waals surface area contributed by atoms with Crippen molar-refractivity contribution in [1.29, 1.82) is 0 Å². The number of hydrogen-bond donors (Lipinski definition) is 1. The van der Waals surface area contributed by atoms with Crippen LogP contribution in [0.25, 0.3) is 0 Å². The van der Waals surface area contributed by atoms with E-state index in [1.807, 2.05) is 29.2 Å². The van der Waals surface area contributed by atoms with Gasteiger partial charge in [0.2, 0.25) is 5.91 Å². The largest absolute Gasteiger partial charge is 0.497 e. The molecule has 1 amide bonds. The molecule has 0 aliphatic heterocycles. The summed E-state index contributed by atoms with van der Waals surface area (Å²) in [5.74, 6) is 0.936. The molecule has 4 heteroatoms. The second kappa shape index (κ2) is 7.71. The summed E-state index contributed by atoms with van der Waals surface area (Å²) in [7, 11) is 1.63. The lowest BCUT2D eigenvalue weighted by Gasteiger charge is -2.21. The van der Waals surface area contributed by atoms with Crippen LogP contribution in [0.3, 0.4) is 0 Å². The van der Waals surface area contributed by atoms with Gasteiger partial charge in [0, 0.05) is 19.6 Å². The van der Waals surface area contributed by atoms with E-state index < -0.39 is 0 Å². The van der Waals surface area contributed by atoms with Crippen LogP contribution in [0.1, 0.15) is 18.9 Å². The van der Waals surface area contributed by atoms with Crippen molar-refractivity contribution in [2.24, 2.45) is 5.73 Å². The second-order valence-corrected chi connectivity index (χ2v) is 4.19. The monoisotopic (exact) mass is 250 g/mol. The summed E-state index contributed by atoms with van der Waals surface area (Å²) in [5, 5.41) is 0. The molecule has 0 saturated heterocycles. The zero-order chi connectivity index (χ0) is 13.4. The van der Waals surface area contributed by atoms with Crippen LogP contribution in [-0.2, 0) is 11.2 Å². The molecule has 0 radical (unpaired) electrons. The Hall–Kier alpha value is -1.55. The maximum Gasteiger partial charge on any atom is 0.227 e. The summed E-state index contributed by atoms with van der Waals surface area (Å²) >= 11 is 0. The van der Waals surface area contributed by atoms with E-state index in [0.29, 0.717) is 19.5 Å². The lowest BCUT2D eigenvalue weighted by atomic mass is 10.1. The molecule has 0 saturated carbocycles. The molecule has 0 aliphatic rings. The van der Waals surface area contributed by atoms with E-state index in [-0.39, 0.29) is 5.91 Å². The predicted molar refractivity (Wildman–Crippen MR) is 72.6 cm³/mol. The lowest BCUT2D eigenvalue weighted by molar-refractivity contribution is -0.130. The fourth-order valence-corrected chi connectivity index (χ4v) is 1.82. The Morgan fingerprint density at radius 3 is 2.44 bits per heavy atom. The van der Waals surface area contributed by atoms with Gasteiger partial charge in [0.1, 0.15) is 5.75 Å². The van der Waals surface area contributed by atoms with Crippen molar-refractivity contribution in [2.75, 3.05) is 26.7 Å². The van der Waals surface area contributed by atoms with E-state index in [0.717, 1.165) is 24.3 Å². The summed E-state index contributed by atoms with van der Waals surface area (Å²) in [4.78, 5) is 13.9. The molecular weight excluding hydrogens is 228 g/mol. The summed E-state index contributed by atoms with van der Waals surface area (Å²) in [6.07, 6.45) is 1.37. The van der Waals surface area contributed by atoms with E-state index >= 15 is 0 Å². The minimum Gasteiger partial charge on any atom is -0.497 e. The second-order valence-electron chi connectivity index (χ2n) is 4.19. The fourth-order valence-electron chi connectivity index (χ4n) is 1.82. The molecule has 1 rings (SSSR count). The van der Waals surface area contributed by atoms with E-state index in [1.165, 1.54) is 0 Å². The molecule has 18 heavy (non-hydrogen) atoms. The third-order valence-electron chi connectivity index (χ3n) is 2.76. The van der Waals surface area contributed by atoms with Gasteiger partial charge in [-0.25, -0.2) is 0 Å². The van der Waals surface area contributed by atoms with Crippen LogP contribution in [-0.4, -0.2) is 37.6 Å². The van der Waals surface area contributed by atoms with Crippen molar-refractivity contribution in [3.05, 3.63) is 29.8 Å². The standard InChI is InChI=1S/C14H22N2O2/c1-3-9-16(10-8-15)14(17)11-12-4-6-13(18-2)7-5-12/h4-7H,3,8-11,15H2,1-2H3. The molecule has 0 atom stereocenters. The van der Waals surface area contributed by atoms with Crippen LogP contribution in [0, 0.1) is 0 Å². The van der Waals surface area contributed by atoms with Crippen molar-refractivity contribution in [2.45, 2.75) is 19.8 Å². The maximum atomic E-state index is 12.1. The predicted octanol–water partition coefficient (Wildman–Crippen LogP) is 1.43. The van der Waals surface area contributed by atoms with Crippen LogP contribution in [0.15, 0.2) is 24.3 Å². The molecular formula is C14H22N2O2. The Kier molecular flexibility index (Phi) is 6.22. The highest BCUT2D eigenvalue weighted by molar-refractivity contribution is 5.78. The van der Waals surface area contributed by atoms with Gasteiger partial charge in [0.15, 0.2) is 0 Å². The molecule has 0 bridgehead atoms. The molecule has 1 aromatic rings. The summed E-state index contributed by atoms with van der Waals surface area (Å²) in [6.45, 7) is 3.97. The van der Waals surface area contributed by atoms with E-state index in [1.54, 1.807) is 7.11 Å². The third-order valence-corrected chi connectivity index (χ3v) is 2.76. The van der Waals surface area contributed by atoms with Gasteiger partial charge in [0.25, 0.3) is 0 Å².